The van der Waals surface area contributed by atoms with Gasteiger partial charge in [0, 0.05) is 17.3 Å². The van der Waals surface area contributed by atoms with Gasteiger partial charge in [-0.3, -0.25) is 9.78 Å². The molecule has 98 valence electrons. The van der Waals surface area contributed by atoms with Gasteiger partial charge in [-0.25, -0.2) is 4.39 Å². The third-order valence-corrected chi connectivity index (χ3v) is 2.94. The van der Waals surface area contributed by atoms with Crippen molar-refractivity contribution < 1.29 is 9.18 Å². The van der Waals surface area contributed by atoms with Crippen molar-refractivity contribution in [1.29, 1.82) is 0 Å². The summed E-state index contributed by atoms with van der Waals surface area (Å²) in [7, 11) is 0. The summed E-state index contributed by atoms with van der Waals surface area (Å²) in [5, 5.41) is 3.53. The lowest BCUT2D eigenvalue weighted by molar-refractivity contribution is 0.102. The molecule has 2 aromatic carbocycles. The van der Waals surface area contributed by atoms with Crippen molar-refractivity contribution in [3.05, 3.63) is 72.2 Å². The molecule has 3 aromatic rings. The Morgan fingerprint density at radius 3 is 2.75 bits per heavy atom. The number of carbonyl (C=O) groups excluding carboxylic acids is 1. The molecular weight excluding hydrogens is 255 g/mol. The number of anilines is 1. The Labute approximate surface area is 115 Å². The second kappa shape index (κ2) is 5.09. The Bertz CT molecular complexity index is 786. The molecular formula is C16H11FN2O. The van der Waals surface area contributed by atoms with Crippen LogP contribution in [0.4, 0.5) is 10.1 Å². The number of aromatic nitrogens is 1. The Hall–Kier alpha value is -2.75. The number of benzene rings is 2. The minimum Gasteiger partial charge on any atom is -0.322 e. The first-order valence-electron chi connectivity index (χ1n) is 6.14. The molecule has 0 bridgehead atoms. The number of halogens is 1. The number of para-hydroxylation sites is 1. The zero-order valence-electron chi connectivity index (χ0n) is 10.5. The summed E-state index contributed by atoms with van der Waals surface area (Å²) in [5.74, 6) is -0.701. The van der Waals surface area contributed by atoms with Crippen LogP contribution in [0, 0.1) is 5.82 Å². The highest BCUT2D eigenvalue weighted by molar-refractivity contribution is 6.05. The van der Waals surface area contributed by atoms with Gasteiger partial charge in [0.2, 0.25) is 0 Å². The van der Waals surface area contributed by atoms with Crippen LogP contribution in [0.5, 0.6) is 0 Å². The van der Waals surface area contributed by atoms with E-state index in [2.05, 4.69) is 10.3 Å². The average Bonchev–Trinajstić information content (AvgIpc) is 2.47. The van der Waals surface area contributed by atoms with Crippen molar-refractivity contribution in [2.45, 2.75) is 0 Å². The van der Waals surface area contributed by atoms with Gasteiger partial charge in [-0.1, -0.05) is 24.3 Å². The molecule has 3 rings (SSSR count). The molecule has 0 unspecified atom stereocenters. The standard InChI is InChI=1S/C16H11FN2O/c17-13-5-3-6-14(9-13)19-16(20)12-8-11-4-1-2-7-15(11)18-10-12/h1-10H,(H,19,20). The van der Waals surface area contributed by atoms with Crippen LogP contribution in [0.2, 0.25) is 0 Å². The maximum Gasteiger partial charge on any atom is 0.257 e. The smallest absolute Gasteiger partial charge is 0.257 e. The van der Waals surface area contributed by atoms with Gasteiger partial charge in [-0.2, -0.15) is 0 Å². The Morgan fingerprint density at radius 1 is 1.05 bits per heavy atom. The number of rotatable bonds is 2. The van der Waals surface area contributed by atoms with Gasteiger partial charge in [0.1, 0.15) is 5.82 Å². The Kier molecular flexibility index (Phi) is 3.13. The van der Waals surface area contributed by atoms with E-state index in [1.807, 2.05) is 24.3 Å². The minimum absolute atomic E-state index is 0.311. The van der Waals surface area contributed by atoms with Crippen LogP contribution in [-0.2, 0) is 0 Å². The monoisotopic (exact) mass is 266 g/mol. The molecule has 0 saturated heterocycles. The third-order valence-electron chi connectivity index (χ3n) is 2.94. The molecule has 0 spiro atoms. The van der Waals surface area contributed by atoms with Gasteiger partial charge in [-0.05, 0) is 30.3 Å². The van der Waals surface area contributed by atoms with Crippen molar-refractivity contribution in [2.75, 3.05) is 5.32 Å². The second-order valence-corrected chi connectivity index (χ2v) is 4.38. The number of hydrogen-bond acceptors (Lipinski definition) is 2. The van der Waals surface area contributed by atoms with Crippen molar-refractivity contribution in [3.8, 4) is 0 Å². The van der Waals surface area contributed by atoms with Crippen LogP contribution in [0.15, 0.2) is 60.8 Å². The molecule has 0 fully saturated rings. The highest BCUT2D eigenvalue weighted by Crippen LogP contribution is 2.15. The SMILES string of the molecule is O=C(Nc1cccc(F)c1)c1cnc2ccccc2c1. The fraction of sp³-hybridized carbons (Fsp3) is 0. The number of nitrogens with one attached hydrogen (secondary N) is 1. The molecule has 1 N–H and O–H groups in total. The summed E-state index contributed by atoms with van der Waals surface area (Å²) in [6.07, 6.45) is 1.51. The van der Waals surface area contributed by atoms with E-state index in [4.69, 9.17) is 0 Å². The Balaban J connectivity index is 1.88. The lowest BCUT2D eigenvalue weighted by atomic mass is 10.1. The molecule has 0 atom stereocenters. The number of hydrogen-bond donors (Lipinski definition) is 1. The molecule has 0 radical (unpaired) electrons. The van der Waals surface area contributed by atoms with E-state index in [0.717, 1.165) is 10.9 Å². The maximum atomic E-state index is 13.1. The van der Waals surface area contributed by atoms with Gasteiger partial charge in [0.25, 0.3) is 5.91 Å². The van der Waals surface area contributed by atoms with Crippen LogP contribution < -0.4 is 5.32 Å². The van der Waals surface area contributed by atoms with E-state index in [9.17, 15) is 9.18 Å². The Morgan fingerprint density at radius 2 is 1.90 bits per heavy atom. The van der Waals surface area contributed by atoms with Crippen molar-refractivity contribution in [1.82, 2.24) is 4.98 Å². The van der Waals surface area contributed by atoms with E-state index >= 15 is 0 Å². The topological polar surface area (TPSA) is 42.0 Å². The third kappa shape index (κ3) is 2.49. The predicted octanol–water partition coefficient (Wildman–Crippen LogP) is 3.63. The molecule has 0 aliphatic carbocycles. The highest BCUT2D eigenvalue weighted by Gasteiger charge is 2.08. The van der Waals surface area contributed by atoms with Crippen molar-refractivity contribution >= 4 is 22.5 Å². The zero-order chi connectivity index (χ0) is 13.9. The molecule has 0 aliphatic heterocycles. The van der Waals surface area contributed by atoms with E-state index < -0.39 is 0 Å². The number of amides is 1. The van der Waals surface area contributed by atoms with Crippen LogP contribution in [0.3, 0.4) is 0 Å². The van der Waals surface area contributed by atoms with E-state index in [-0.39, 0.29) is 11.7 Å². The lowest BCUT2D eigenvalue weighted by Crippen LogP contribution is -2.12. The molecule has 1 heterocycles. The molecule has 1 aromatic heterocycles. The van der Waals surface area contributed by atoms with Crippen molar-refractivity contribution in [3.63, 3.8) is 0 Å². The lowest BCUT2D eigenvalue weighted by Gasteiger charge is -2.06. The van der Waals surface area contributed by atoms with E-state index in [1.54, 1.807) is 18.2 Å². The van der Waals surface area contributed by atoms with E-state index in [0.29, 0.717) is 11.3 Å². The minimum atomic E-state index is -0.389. The quantitative estimate of drug-likeness (QED) is 0.769. The second-order valence-electron chi connectivity index (χ2n) is 4.38. The molecule has 4 heteroatoms. The fourth-order valence-electron chi connectivity index (χ4n) is 1.96. The summed E-state index contributed by atoms with van der Waals surface area (Å²) in [5.41, 5.74) is 1.69. The van der Waals surface area contributed by atoms with Crippen LogP contribution >= 0.6 is 0 Å². The predicted molar refractivity (Wildman–Crippen MR) is 76.1 cm³/mol. The van der Waals surface area contributed by atoms with Gasteiger partial charge in [0.15, 0.2) is 0 Å². The maximum absolute atomic E-state index is 13.1. The molecule has 1 amide bonds. The van der Waals surface area contributed by atoms with Crippen LogP contribution in [0.1, 0.15) is 10.4 Å². The summed E-state index contributed by atoms with van der Waals surface area (Å²) in [6.45, 7) is 0. The molecule has 20 heavy (non-hydrogen) atoms. The summed E-state index contributed by atoms with van der Waals surface area (Å²) in [4.78, 5) is 16.3. The van der Waals surface area contributed by atoms with E-state index in [1.165, 1.54) is 18.3 Å². The summed E-state index contributed by atoms with van der Waals surface area (Å²) < 4.78 is 13.1. The fourth-order valence-corrected chi connectivity index (χ4v) is 1.96. The first-order chi connectivity index (χ1) is 9.72. The van der Waals surface area contributed by atoms with Crippen molar-refractivity contribution in [2.24, 2.45) is 0 Å². The average molecular weight is 266 g/mol. The number of pyridine rings is 1. The molecule has 3 nitrogen and oxygen atoms in total. The molecule has 0 aliphatic rings. The summed E-state index contributed by atoms with van der Waals surface area (Å²) in [6, 6.07) is 15.1. The molecule has 0 saturated carbocycles. The van der Waals surface area contributed by atoms with Crippen LogP contribution in [0.25, 0.3) is 10.9 Å². The zero-order valence-corrected chi connectivity index (χ0v) is 10.5. The van der Waals surface area contributed by atoms with Gasteiger partial charge in [0.05, 0.1) is 11.1 Å². The number of nitrogens with zero attached hydrogens (tertiary/aromatic N) is 1. The van der Waals surface area contributed by atoms with Crippen LogP contribution in [-0.4, -0.2) is 10.9 Å². The number of carbonyl (C=O) groups is 1. The van der Waals surface area contributed by atoms with Gasteiger partial charge < -0.3 is 5.32 Å². The largest absolute Gasteiger partial charge is 0.322 e. The normalized spacial score (nSPS) is 10.4. The first-order valence-corrected chi connectivity index (χ1v) is 6.14. The number of fused-ring (bicyclic) bond motifs is 1. The van der Waals surface area contributed by atoms with Gasteiger partial charge >= 0.3 is 0 Å². The highest BCUT2D eigenvalue weighted by atomic mass is 19.1. The first kappa shape index (κ1) is 12.3. The van der Waals surface area contributed by atoms with Gasteiger partial charge in [-0.15, -0.1) is 0 Å². The summed E-state index contributed by atoms with van der Waals surface area (Å²) >= 11 is 0.